The molecule has 0 rings (SSSR count). The highest BCUT2D eigenvalue weighted by atomic mass is 16.6. The summed E-state index contributed by atoms with van der Waals surface area (Å²) in [5.74, 6) is 0.869. The molecule has 0 aromatic heterocycles. The molecule has 0 aliphatic heterocycles. The van der Waals surface area contributed by atoms with Crippen molar-refractivity contribution in [2.24, 2.45) is 11.8 Å². The van der Waals surface area contributed by atoms with Crippen molar-refractivity contribution in [1.82, 2.24) is 0 Å². The minimum atomic E-state index is -0.763. The molecule has 0 aromatic rings. The first kappa shape index (κ1) is 61.4. The highest BCUT2D eigenvalue weighted by Crippen LogP contribution is 2.19. The lowest BCUT2D eigenvalue weighted by Gasteiger charge is -2.18. The van der Waals surface area contributed by atoms with Crippen molar-refractivity contribution in [3.05, 3.63) is 0 Å². The van der Waals surface area contributed by atoms with Crippen LogP contribution in [-0.2, 0) is 28.6 Å². The van der Waals surface area contributed by atoms with Crippen LogP contribution < -0.4 is 0 Å². The summed E-state index contributed by atoms with van der Waals surface area (Å²) in [6.45, 7) is 11.4. The Labute approximate surface area is 393 Å². The quantitative estimate of drug-likeness (QED) is 0.0344. The molecule has 0 fully saturated rings. The smallest absolute Gasteiger partial charge is 0.306 e. The van der Waals surface area contributed by atoms with E-state index < -0.39 is 6.10 Å². The van der Waals surface area contributed by atoms with E-state index in [9.17, 15) is 14.4 Å². The summed E-state index contributed by atoms with van der Waals surface area (Å²) in [6, 6.07) is 0. The van der Waals surface area contributed by atoms with Crippen molar-refractivity contribution >= 4 is 17.9 Å². The van der Waals surface area contributed by atoms with Crippen LogP contribution in [-0.4, -0.2) is 37.2 Å². The van der Waals surface area contributed by atoms with Crippen molar-refractivity contribution in [2.45, 2.75) is 323 Å². The molecular formula is C57H110O6. The minimum absolute atomic E-state index is 0.0636. The molecule has 0 heterocycles. The van der Waals surface area contributed by atoms with Crippen molar-refractivity contribution < 1.29 is 28.6 Å². The fourth-order valence-corrected chi connectivity index (χ4v) is 8.63. The Bertz CT molecular complexity index is 966. The van der Waals surface area contributed by atoms with Crippen LogP contribution in [0.15, 0.2) is 0 Å². The molecule has 0 aliphatic carbocycles. The highest BCUT2D eigenvalue weighted by molar-refractivity contribution is 5.71. The number of ether oxygens (including phenoxy) is 3. The predicted octanol–water partition coefficient (Wildman–Crippen LogP) is 18.5. The van der Waals surface area contributed by atoms with Gasteiger partial charge in [-0.25, -0.2) is 0 Å². The van der Waals surface area contributed by atoms with Crippen LogP contribution >= 0.6 is 0 Å². The van der Waals surface area contributed by atoms with E-state index in [-0.39, 0.29) is 31.1 Å². The normalized spacial score (nSPS) is 12.9. The molecule has 0 amide bonds. The van der Waals surface area contributed by atoms with Crippen molar-refractivity contribution in [1.29, 1.82) is 0 Å². The molecular weight excluding hydrogens is 781 g/mol. The number of rotatable bonds is 51. The van der Waals surface area contributed by atoms with Gasteiger partial charge >= 0.3 is 17.9 Å². The maximum atomic E-state index is 12.8. The summed E-state index contributed by atoms with van der Waals surface area (Å²) in [6.07, 6.45) is 52.3. The molecule has 0 radical (unpaired) electrons. The van der Waals surface area contributed by atoms with Gasteiger partial charge in [-0.05, 0) is 31.1 Å². The average molecular weight is 892 g/mol. The fraction of sp³-hybridized carbons (Fsp3) is 0.947. The van der Waals surface area contributed by atoms with E-state index in [0.29, 0.717) is 19.3 Å². The summed E-state index contributed by atoms with van der Waals surface area (Å²) in [5.41, 5.74) is 0. The van der Waals surface area contributed by atoms with Crippen molar-refractivity contribution in [2.75, 3.05) is 13.2 Å². The SMILES string of the molecule is CCCCCCCCCCCCCCCCCCCCCC(=O)OC[C@@H](COC(=O)CCCCCCCCCCCCC(C)CC)OC(=O)CCCCCCCCCCC(C)CC. The molecule has 0 bridgehead atoms. The van der Waals surface area contributed by atoms with E-state index in [1.54, 1.807) is 0 Å². The van der Waals surface area contributed by atoms with E-state index in [4.69, 9.17) is 14.2 Å². The van der Waals surface area contributed by atoms with Gasteiger partial charge in [0.2, 0.25) is 0 Å². The maximum Gasteiger partial charge on any atom is 0.306 e. The number of unbranched alkanes of at least 4 members (excludes halogenated alkanes) is 34. The molecule has 0 aromatic carbocycles. The maximum absolute atomic E-state index is 12.8. The van der Waals surface area contributed by atoms with Gasteiger partial charge in [-0.15, -0.1) is 0 Å². The monoisotopic (exact) mass is 891 g/mol. The lowest BCUT2D eigenvalue weighted by Crippen LogP contribution is -2.30. The second kappa shape index (κ2) is 49.8. The summed E-state index contributed by atoms with van der Waals surface area (Å²) < 4.78 is 16.9. The third-order valence-electron chi connectivity index (χ3n) is 13.7. The molecule has 0 saturated heterocycles. The molecule has 6 heteroatoms. The lowest BCUT2D eigenvalue weighted by atomic mass is 9.99. The minimum Gasteiger partial charge on any atom is -0.462 e. The van der Waals surface area contributed by atoms with E-state index in [1.807, 2.05) is 0 Å². The fourth-order valence-electron chi connectivity index (χ4n) is 8.63. The first-order chi connectivity index (χ1) is 30.8. The van der Waals surface area contributed by atoms with Gasteiger partial charge in [-0.2, -0.15) is 0 Å². The molecule has 63 heavy (non-hydrogen) atoms. The molecule has 3 atom stereocenters. The standard InChI is InChI=1S/C57H110O6/c1-6-9-10-11-12-13-14-15-16-17-18-19-20-21-22-26-32-37-42-47-55(58)61-50-54(63-57(60)49-44-39-34-29-28-31-36-41-46-53(5)8-3)51-62-56(59)48-43-38-33-27-24-23-25-30-35-40-45-52(4)7-2/h52-54H,6-51H2,1-5H3/t52?,53?,54-/m0/s1. The Hall–Kier alpha value is -1.59. The topological polar surface area (TPSA) is 78.9 Å². The largest absolute Gasteiger partial charge is 0.462 e. The Kier molecular flexibility index (Phi) is 48.6. The third kappa shape index (κ3) is 48.2. The van der Waals surface area contributed by atoms with Crippen LogP contribution in [0.1, 0.15) is 317 Å². The van der Waals surface area contributed by atoms with Crippen LogP contribution in [0.5, 0.6) is 0 Å². The Morgan fingerprint density at radius 1 is 0.317 bits per heavy atom. The Morgan fingerprint density at radius 2 is 0.556 bits per heavy atom. The van der Waals surface area contributed by atoms with Gasteiger partial charge in [0.15, 0.2) is 6.10 Å². The van der Waals surface area contributed by atoms with Crippen LogP contribution in [0.4, 0.5) is 0 Å². The number of hydrogen-bond acceptors (Lipinski definition) is 6. The summed E-state index contributed by atoms with van der Waals surface area (Å²) in [4.78, 5) is 38.1. The zero-order valence-corrected chi connectivity index (χ0v) is 43.2. The molecule has 0 saturated carbocycles. The summed E-state index contributed by atoms with van der Waals surface area (Å²) >= 11 is 0. The second-order valence-electron chi connectivity index (χ2n) is 20.1. The van der Waals surface area contributed by atoms with Gasteiger partial charge in [0.05, 0.1) is 0 Å². The molecule has 6 nitrogen and oxygen atoms in total. The summed E-state index contributed by atoms with van der Waals surface area (Å²) in [5, 5.41) is 0. The van der Waals surface area contributed by atoms with E-state index in [2.05, 4.69) is 34.6 Å². The van der Waals surface area contributed by atoms with Crippen molar-refractivity contribution in [3.63, 3.8) is 0 Å². The number of carbonyl (C=O) groups excluding carboxylic acids is 3. The van der Waals surface area contributed by atoms with E-state index in [1.165, 1.54) is 205 Å². The highest BCUT2D eigenvalue weighted by Gasteiger charge is 2.19. The zero-order chi connectivity index (χ0) is 46.1. The summed E-state index contributed by atoms with van der Waals surface area (Å²) in [7, 11) is 0. The molecule has 2 unspecified atom stereocenters. The third-order valence-corrected chi connectivity index (χ3v) is 13.7. The van der Waals surface area contributed by atoms with Gasteiger partial charge in [-0.3, -0.25) is 14.4 Å². The second-order valence-corrected chi connectivity index (χ2v) is 20.1. The predicted molar refractivity (Wildman–Crippen MR) is 270 cm³/mol. The Morgan fingerprint density at radius 3 is 0.825 bits per heavy atom. The lowest BCUT2D eigenvalue weighted by molar-refractivity contribution is -0.167. The average Bonchev–Trinajstić information content (AvgIpc) is 3.28. The zero-order valence-electron chi connectivity index (χ0n) is 43.2. The van der Waals surface area contributed by atoms with Gasteiger partial charge in [-0.1, -0.05) is 279 Å². The van der Waals surface area contributed by atoms with Crippen LogP contribution in [0, 0.1) is 11.8 Å². The molecule has 374 valence electrons. The van der Waals surface area contributed by atoms with Crippen LogP contribution in [0.25, 0.3) is 0 Å². The first-order valence-corrected chi connectivity index (χ1v) is 28.3. The van der Waals surface area contributed by atoms with Gasteiger partial charge in [0.25, 0.3) is 0 Å². The van der Waals surface area contributed by atoms with Crippen LogP contribution in [0.3, 0.4) is 0 Å². The number of carbonyl (C=O) groups is 3. The Balaban J connectivity index is 4.27. The molecule has 0 spiro atoms. The molecule has 0 N–H and O–H groups in total. The van der Waals surface area contributed by atoms with E-state index >= 15 is 0 Å². The van der Waals surface area contributed by atoms with Gasteiger partial charge < -0.3 is 14.2 Å². The molecule has 0 aliphatic rings. The van der Waals surface area contributed by atoms with Crippen molar-refractivity contribution in [3.8, 4) is 0 Å². The van der Waals surface area contributed by atoms with Crippen LogP contribution in [0.2, 0.25) is 0 Å². The van der Waals surface area contributed by atoms with Gasteiger partial charge in [0, 0.05) is 19.3 Å². The number of hydrogen-bond donors (Lipinski definition) is 0. The van der Waals surface area contributed by atoms with Gasteiger partial charge in [0.1, 0.15) is 13.2 Å². The first-order valence-electron chi connectivity index (χ1n) is 28.3. The van der Waals surface area contributed by atoms with E-state index in [0.717, 1.165) is 69.6 Å². The number of esters is 3.